The molecule has 0 radical (unpaired) electrons. The molecule has 0 saturated carbocycles. The monoisotopic (exact) mass is 302 g/mol. The van der Waals surface area contributed by atoms with Gasteiger partial charge in [-0.3, -0.25) is 4.79 Å². The SMILES string of the molecule is COc1ccc2c(CC(=O)N=c3sccn3C)coc2c1. The summed E-state index contributed by atoms with van der Waals surface area (Å²) < 4.78 is 12.4. The molecule has 0 aliphatic carbocycles. The lowest BCUT2D eigenvalue weighted by atomic mass is 10.1. The number of carbonyl (C=O) groups excluding carboxylic acids is 1. The van der Waals surface area contributed by atoms with Crippen LogP contribution in [-0.4, -0.2) is 17.6 Å². The van der Waals surface area contributed by atoms with Crippen LogP contribution >= 0.6 is 11.3 Å². The van der Waals surface area contributed by atoms with Gasteiger partial charge in [-0.25, -0.2) is 0 Å². The van der Waals surface area contributed by atoms with Crippen LogP contribution in [0.3, 0.4) is 0 Å². The number of nitrogens with zero attached hydrogens (tertiary/aromatic N) is 2. The number of aryl methyl sites for hydroxylation is 1. The van der Waals surface area contributed by atoms with E-state index in [1.54, 1.807) is 19.4 Å². The summed E-state index contributed by atoms with van der Waals surface area (Å²) in [5, 5.41) is 2.81. The average molecular weight is 302 g/mol. The molecule has 2 aromatic heterocycles. The second-order valence-electron chi connectivity index (χ2n) is 4.60. The molecule has 108 valence electrons. The maximum atomic E-state index is 12.1. The highest BCUT2D eigenvalue weighted by molar-refractivity contribution is 7.07. The maximum Gasteiger partial charge on any atom is 0.252 e. The van der Waals surface area contributed by atoms with Gasteiger partial charge >= 0.3 is 0 Å². The first kappa shape index (κ1) is 13.6. The lowest BCUT2D eigenvalue weighted by Crippen LogP contribution is -2.13. The third-order valence-electron chi connectivity index (χ3n) is 3.18. The van der Waals surface area contributed by atoms with Crippen molar-refractivity contribution in [2.75, 3.05) is 7.11 Å². The number of hydrogen-bond acceptors (Lipinski definition) is 4. The molecule has 21 heavy (non-hydrogen) atoms. The number of amides is 1. The molecular weight excluding hydrogens is 288 g/mol. The molecule has 5 nitrogen and oxygen atoms in total. The minimum atomic E-state index is -0.188. The van der Waals surface area contributed by atoms with Gasteiger partial charge in [0, 0.05) is 35.6 Å². The van der Waals surface area contributed by atoms with Crippen molar-refractivity contribution in [2.45, 2.75) is 6.42 Å². The van der Waals surface area contributed by atoms with Gasteiger partial charge in [0.2, 0.25) is 0 Å². The van der Waals surface area contributed by atoms with Gasteiger partial charge < -0.3 is 13.7 Å². The lowest BCUT2D eigenvalue weighted by molar-refractivity contribution is -0.117. The average Bonchev–Trinajstić information content (AvgIpc) is 3.06. The van der Waals surface area contributed by atoms with Crippen molar-refractivity contribution in [3.05, 3.63) is 46.4 Å². The van der Waals surface area contributed by atoms with Gasteiger partial charge in [-0.2, -0.15) is 4.99 Å². The van der Waals surface area contributed by atoms with E-state index < -0.39 is 0 Å². The van der Waals surface area contributed by atoms with Crippen LogP contribution in [0, 0.1) is 0 Å². The summed E-state index contributed by atoms with van der Waals surface area (Å²) in [5.74, 6) is 0.539. The van der Waals surface area contributed by atoms with Crippen LogP contribution in [-0.2, 0) is 18.3 Å². The zero-order valence-corrected chi connectivity index (χ0v) is 12.5. The maximum absolute atomic E-state index is 12.1. The third kappa shape index (κ3) is 2.75. The Balaban J connectivity index is 1.89. The Morgan fingerprint density at radius 1 is 1.48 bits per heavy atom. The summed E-state index contributed by atoms with van der Waals surface area (Å²) in [6.45, 7) is 0. The standard InChI is InChI=1S/C15H14N2O3S/c1-17-5-6-21-15(17)16-14(18)7-10-9-20-13-8-11(19-2)3-4-12(10)13/h3-6,8-9H,7H2,1-2H3. The number of thiazole rings is 1. The molecule has 0 fully saturated rings. The molecule has 0 saturated heterocycles. The summed E-state index contributed by atoms with van der Waals surface area (Å²) in [7, 11) is 3.47. The van der Waals surface area contributed by atoms with Crippen molar-refractivity contribution >= 4 is 28.2 Å². The van der Waals surface area contributed by atoms with E-state index in [4.69, 9.17) is 9.15 Å². The van der Waals surface area contributed by atoms with Gasteiger partial charge in [0.25, 0.3) is 5.91 Å². The van der Waals surface area contributed by atoms with E-state index in [2.05, 4.69) is 4.99 Å². The second-order valence-corrected chi connectivity index (χ2v) is 5.47. The number of carbonyl (C=O) groups is 1. The van der Waals surface area contributed by atoms with Crippen LogP contribution in [0.4, 0.5) is 0 Å². The Morgan fingerprint density at radius 2 is 2.33 bits per heavy atom. The van der Waals surface area contributed by atoms with Crippen molar-refractivity contribution in [1.29, 1.82) is 0 Å². The van der Waals surface area contributed by atoms with E-state index in [0.717, 1.165) is 16.7 Å². The van der Waals surface area contributed by atoms with Crippen LogP contribution in [0.5, 0.6) is 5.75 Å². The first-order valence-electron chi connectivity index (χ1n) is 6.39. The second kappa shape index (κ2) is 5.57. The highest BCUT2D eigenvalue weighted by atomic mass is 32.1. The van der Waals surface area contributed by atoms with Crippen LogP contribution < -0.4 is 9.54 Å². The zero-order valence-electron chi connectivity index (χ0n) is 11.7. The van der Waals surface area contributed by atoms with Crippen LogP contribution in [0.15, 0.2) is 45.4 Å². The van der Waals surface area contributed by atoms with Gasteiger partial charge in [0.1, 0.15) is 11.3 Å². The van der Waals surface area contributed by atoms with E-state index in [-0.39, 0.29) is 12.3 Å². The molecule has 0 unspecified atom stereocenters. The molecule has 1 amide bonds. The highest BCUT2D eigenvalue weighted by Crippen LogP contribution is 2.25. The summed E-state index contributed by atoms with van der Waals surface area (Å²) in [6, 6.07) is 5.55. The number of benzene rings is 1. The Morgan fingerprint density at radius 3 is 3.05 bits per heavy atom. The van der Waals surface area contributed by atoms with Gasteiger partial charge in [0.05, 0.1) is 19.8 Å². The first-order chi connectivity index (χ1) is 10.2. The summed E-state index contributed by atoms with van der Waals surface area (Å²) >= 11 is 1.43. The van der Waals surface area contributed by atoms with Crippen molar-refractivity contribution in [2.24, 2.45) is 12.0 Å². The normalized spacial score (nSPS) is 12.0. The number of furan rings is 1. The van der Waals surface area contributed by atoms with Gasteiger partial charge in [-0.15, -0.1) is 11.3 Å². The largest absolute Gasteiger partial charge is 0.497 e. The van der Waals surface area contributed by atoms with Gasteiger partial charge in [-0.05, 0) is 12.1 Å². The molecule has 0 spiro atoms. The molecule has 1 aromatic carbocycles. The topological polar surface area (TPSA) is 56.7 Å². The molecule has 0 N–H and O–H groups in total. The Labute approximate surface area is 125 Å². The number of hydrogen-bond donors (Lipinski definition) is 0. The first-order valence-corrected chi connectivity index (χ1v) is 7.27. The predicted molar refractivity (Wildman–Crippen MR) is 80.3 cm³/mol. The Hall–Kier alpha value is -2.34. The van der Waals surface area contributed by atoms with E-state index in [1.165, 1.54) is 11.3 Å². The molecular formula is C15H14N2O3S. The van der Waals surface area contributed by atoms with Crippen molar-refractivity contribution in [3.63, 3.8) is 0 Å². The number of ether oxygens (including phenoxy) is 1. The minimum absolute atomic E-state index is 0.188. The summed E-state index contributed by atoms with van der Waals surface area (Å²) in [5.41, 5.74) is 1.54. The fourth-order valence-electron chi connectivity index (χ4n) is 2.07. The number of methoxy groups -OCH3 is 1. The van der Waals surface area contributed by atoms with Crippen LogP contribution in [0.1, 0.15) is 5.56 Å². The predicted octanol–water partition coefficient (Wildman–Crippen LogP) is 2.51. The number of aromatic nitrogens is 1. The van der Waals surface area contributed by atoms with E-state index >= 15 is 0 Å². The number of fused-ring (bicyclic) bond motifs is 1. The Kier molecular flexibility index (Phi) is 3.62. The quantitative estimate of drug-likeness (QED) is 0.747. The molecule has 0 aliphatic heterocycles. The molecule has 2 heterocycles. The molecule has 3 aromatic rings. The smallest absolute Gasteiger partial charge is 0.252 e. The molecule has 3 rings (SSSR count). The zero-order chi connectivity index (χ0) is 14.8. The molecule has 6 heteroatoms. The summed E-state index contributed by atoms with van der Waals surface area (Å²) in [6.07, 6.45) is 3.69. The third-order valence-corrected chi connectivity index (χ3v) is 4.03. The minimum Gasteiger partial charge on any atom is -0.497 e. The van der Waals surface area contributed by atoms with Gasteiger partial charge in [-0.1, -0.05) is 0 Å². The Bertz CT molecular complexity index is 857. The summed E-state index contributed by atoms with van der Waals surface area (Å²) in [4.78, 5) is 16.9. The fourth-order valence-corrected chi connectivity index (χ4v) is 2.82. The van der Waals surface area contributed by atoms with Gasteiger partial charge in [0.15, 0.2) is 4.80 Å². The van der Waals surface area contributed by atoms with E-state index in [0.29, 0.717) is 10.4 Å². The van der Waals surface area contributed by atoms with E-state index in [1.807, 2.05) is 35.3 Å². The molecule has 0 atom stereocenters. The van der Waals surface area contributed by atoms with Crippen LogP contribution in [0.2, 0.25) is 0 Å². The van der Waals surface area contributed by atoms with Crippen molar-refractivity contribution in [1.82, 2.24) is 4.57 Å². The molecule has 0 bridgehead atoms. The van der Waals surface area contributed by atoms with Crippen LogP contribution in [0.25, 0.3) is 11.0 Å². The molecule has 0 aliphatic rings. The van der Waals surface area contributed by atoms with E-state index in [9.17, 15) is 4.79 Å². The highest BCUT2D eigenvalue weighted by Gasteiger charge is 2.11. The van der Waals surface area contributed by atoms with Crippen molar-refractivity contribution in [3.8, 4) is 5.75 Å². The number of rotatable bonds is 3. The lowest BCUT2D eigenvalue weighted by Gasteiger charge is -1.98. The van der Waals surface area contributed by atoms with Crippen molar-refractivity contribution < 1.29 is 13.9 Å². The fraction of sp³-hybridized carbons (Fsp3) is 0.200.